The molecule has 0 bridgehead atoms. The zero-order valence-corrected chi connectivity index (χ0v) is 21.7. The van der Waals surface area contributed by atoms with Gasteiger partial charge in [-0.15, -0.1) is 0 Å². The minimum Gasteiger partial charge on any atom is -0.444 e. The Bertz CT molecular complexity index is 1300. The van der Waals surface area contributed by atoms with Crippen LogP contribution in [0.1, 0.15) is 45.6 Å². The number of aromatic nitrogens is 4. The van der Waals surface area contributed by atoms with Gasteiger partial charge in [-0.1, -0.05) is 0 Å². The third-order valence-corrected chi connectivity index (χ3v) is 6.99. The summed E-state index contributed by atoms with van der Waals surface area (Å²) >= 11 is 0. The number of likely N-dealkylation sites (tertiary alicyclic amines) is 2. The van der Waals surface area contributed by atoms with E-state index in [1.807, 2.05) is 20.8 Å². The molecule has 0 aromatic carbocycles. The number of nitrogens with zero attached hydrogens (tertiary/aromatic N) is 5. The molecular formula is C26H32F3N7O2. The minimum absolute atomic E-state index is 0.00751. The average Bonchev–Trinajstić information content (AvgIpc) is 3.50. The third kappa shape index (κ3) is 5.69. The Balaban J connectivity index is 1.25. The predicted molar refractivity (Wildman–Crippen MR) is 137 cm³/mol. The Morgan fingerprint density at radius 2 is 1.89 bits per heavy atom. The average molecular weight is 532 g/mol. The Morgan fingerprint density at radius 3 is 2.61 bits per heavy atom. The summed E-state index contributed by atoms with van der Waals surface area (Å²) in [4.78, 5) is 31.9. The molecule has 2 saturated heterocycles. The van der Waals surface area contributed by atoms with Crippen LogP contribution < -0.4 is 5.32 Å². The Kier molecular flexibility index (Phi) is 6.93. The van der Waals surface area contributed by atoms with E-state index in [0.29, 0.717) is 35.7 Å². The zero-order chi connectivity index (χ0) is 27.1. The van der Waals surface area contributed by atoms with Crippen LogP contribution in [-0.2, 0) is 10.9 Å². The van der Waals surface area contributed by atoms with Gasteiger partial charge >= 0.3 is 12.3 Å². The molecule has 3 aromatic heterocycles. The second-order valence-electron chi connectivity index (χ2n) is 10.9. The maximum absolute atomic E-state index is 13.8. The quantitative estimate of drug-likeness (QED) is 0.493. The van der Waals surface area contributed by atoms with E-state index in [0.717, 1.165) is 38.5 Å². The van der Waals surface area contributed by atoms with E-state index < -0.39 is 17.3 Å². The first kappa shape index (κ1) is 26.2. The van der Waals surface area contributed by atoms with E-state index in [2.05, 4.69) is 30.2 Å². The summed E-state index contributed by atoms with van der Waals surface area (Å²) in [7, 11) is 0. The van der Waals surface area contributed by atoms with Crippen LogP contribution in [0.15, 0.2) is 30.7 Å². The van der Waals surface area contributed by atoms with Crippen molar-refractivity contribution >= 4 is 23.1 Å². The highest BCUT2D eigenvalue weighted by molar-refractivity contribution is 5.93. The van der Waals surface area contributed by atoms with E-state index in [-0.39, 0.29) is 23.8 Å². The van der Waals surface area contributed by atoms with Gasteiger partial charge in [-0.05, 0) is 52.2 Å². The van der Waals surface area contributed by atoms with Crippen LogP contribution in [0.3, 0.4) is 0 Å². The number of carbonyl (C=O) groups is 1. The minimum atomic E-state index is -4.60. The molecule has 1 amide bonds. The lowest BCUT2D eigenvalue weighted by Gasteiger charge is -2.37. The topological polar surface area (TPSA) is 99.3 Å². The first-order valence-electron chi connectivity index (χ1n) is 12.8. The number of piperidine rings is 1. The number of fused-ring (bicyclic) bond motifs is 1. The highest BCUT2D eigenvalue weighted by Crippen LogP contribution is 2.38. The lowest BCUT2D eigenvalue weighted by atomic mass is 10.0. The molecule has 2 N–H and O–H groups in total. The van der Waals surface area contributed by atoms with Gasteiger partial charge < -0.3 is 19.9 Å². The van der Waals surface area contributed by atoms with Crippen molar-refractivity contribution in [3.8, 4) is 11.3 Å². The number of halogens is 3. The van der Waals surface area contributed by atoms with Crippen molar-refractivity contribution in [1.29, 1.82) is 0 Å². The Hall–Kier alpha value is -3.41. The summed E-state index contributed by atoms with van der Waals surface area (Å²) in [5, 5.41) is 3.81. The summed E-state index contributed by atoms with van der Waals surface area (Å²) in [6, 6.07) is 3.74. The number of aromatic amines is 1. The molecule has 9 nitrogen and oxygen atoms in total. The van der Waals surface area contributed by atoms with Crippen LogP contribution in [0.25, 0.3) is 22.3 Å². The molecule has 0 unspecified atom stereocenters. The number of anilines is 1. The number of nitrogens with one attached hydrogen (secondary N) is 2. The van der Waals surface area contributed by atoms with E-state index in [1.165, 1.54) is 6.20 Å². The van der Waals surface area contributed by atoms with Gasteiger partial charge in [-0.2, -0.15) is 13.2 Å². The largest absolute Gasteiger partial charge is 0.444 e. The van der Waals surface area contributed by atoms with Gasteiger partial charge in [0.15, 0.2) is 0 Å². The number of pyridine rings is 1. The number of H-pyrrole nitrogens is 1. The fraction of sp³-hybridized carbons (Fsp3) is 0.538. The van der Waals surface area contributed by atoms with Gasteiger partial charge in [0.2, 0.25) is 5.95 Å². The highest BCUT2D eigenvalue weighted by Gasteiger charge is 2.37. The van der Waals surface area contributed by atoms with Crippen LogP contribution in [-0.4, -0.2) is 79.7 Å². The van der Waals surface area contributed by atoms with E-state index in [9.17, 15) is 18.0 Å². The van der Waals surface area contributed by atoms with Crippen LogP contribution in [0.2, 0.25) is 0 Å². The van der Waals surface area contributed by atoms with Gasteiger partial charge in [-0.25, -0.2) is 19.7 Å². The molecule has 0 spiro atoms. The monoisotopic (exact) mass is 531 g/mol. The van der Waals surface area contributed by atoms with Gasteiger partial charge in [0, 0.05) is 67.8 Å². The maximum atomic E-state index is 13.8. The van der Waals surface area contributed by atoms with Crippen LogP contribution in [0.5, 0.6) is 0 Å². The van der Waals surface area contributed by atoms with Crippen molar-refractivity contribution in [2.45, 2.75) is 63.9 Å². The van der Waals surface area contributed by atoms with Crippen molar-refractivity contribution in [2.75, 3.05) is 31.5 Å². The van der Waals surface area contributed by atoms with Gasteiger partial charge in [0.05, 0.1) is 5.69 Å². The number of hydrogen-bond acceptors (Lipinski definition) is 7. The molecule has 2 fully saturated rings. The lowest BCUT2D eigenvalue weighted by Crippen LogP contribution is -2.47. The fourth-order valence-electron chi connectivity index (χ4n) is 5.18. The normalized spacial score (nSPS) is 19.7. The number of hydrogen-bond donors (Lipinski definition) is 2. The van der Waals surface area contributed by atoms with Gasteiger partial charge in [0.1, 0.15) is 16.8 Å². The van der Waals surface area contributed by atoms with Gasteiger partial charge in [0.25, 0.3) is 0 Å². The number of ether oxygens (including phenoxy) is 1. The molecule has 0 aliphatic carbocycles. The van der Waals surface area contributed by atoms with E-state index in [1.54, 1.807) is 23.2 Å². The summed E-state index contributed by atoms with van der Waals surface area (Å²) in [6.45, 7) is 8.43. The molecule has 5 rings (SSSR count). The Morgan fingerprint density at radius 1 is 1.13 bits per heavy atom. The van der Waals surface area contributed by atoms with Crippen molar-refractivity contribution in [1.82, 2.24) is 29.7 Å². The van der Waals surface area contributed by atoms with E-state index in [4.69, 9.17) is 4.74 Å². The second kappa shape index (κ2) is 10.0. The molecule has 5 heterocycles. The molecule has 12 heteroatoms. The predicted octanol–water partition coefficient (Wildman–Crippen LogP) is 4.92. The maximum Gasteiger partial charge on any atom is 0.419 e. The van der Waals surface area contributed by atoms with Crippen molar-refractivity contribution in [2.24, 2.45) is 0 Å². The molecule has 3 aromatic rings. The summed E-state index contributed by atoms with van der Waals surface area (Å²) < 4.78 is 47.0. The first-order chi connectivity index (χ1) is 18.0. The second-order valence-corrected chi connectivity index (χ2v) is 10.9. The van der Waals surface area contributed by atoms with E-state index >= 15 is 0 Å². The molecule has 0 saturated carbocycles. The number of rotatable bonds is 4. The van der Waals surface area contributed by atoms with Crippen LogP contribution >= 0.6 is 0 Å². The van der Waals surface area contributed by atoms with Crippen LogP contribution in [0.4, 0.5) is 23.9 Å². The van der Waals surface area contributed by atoms with Crippen molar-refractivity contribution in [3.05, 3.63) is 36.3 Å². The molecule has 204 valence electrons. The molecule has 2 aliphatic rings. The fourth-order valence-corrected chi connectivity index (χ4v) is 5.18. The molecule has 2 aliphatic heterocycles. The van der Waals surface area contributed by atoms with Gasteiger partial charge in [-0.3, -0.25) is 4.90 Å². The SMILES string of the molecule is CC(C)(C)OC(=O)N1CCC(N2CC[C@@H](Nc3ncc(C(F)(F)F)c(-c4c[nH]c5ncccc45)n3)C2)CC1. The smallest absolute Gasteiger partial charge is 0.419 e. The van der Waals surface area contributed by atoms with Crippen molar-refractivity contribution in [3.63, 3.8) is 0 Å². The number of carbonyl (C=O) groups excluding carboxylic acids is 1. The zero-order valence-electron chi connectivity index (χ0n) is 21.7. The van der Waals surface area contributed by atoms with Crippen molar-refractivity contribution < 1.29 is 22.7 Å². The standard InChI is InChI=1S/C26H32F3N7O2/c1-25(2,3)38-24(37)35-11-7-17(8-12-35)36-10-6-16(15-36)33-23-32-14-20(26(27,28)29)21(34-23)19-13-31-22-18(19)5-4-9-30-22/h4-5,9,13-14,16-17H,6-8,10-12,15H2,1-3H3,(H,30,31)(H,32,33,34)/t16-/m1/s1. The Labute approximate surface area is 218 Å². The van der Waals surface area contributed by atoms with Crippen LogP contribution in [0, 0.1) is 0 Å². The summed E-state index contributed by atoms with van der Waals surface area (Å²) in [5.41, 5.74) is -0.771. The first-order valence-corrected chi connectivity index (χ1v) is 12.8. The molecule has 38 heavy (non-hydrogen) atoms. The highest BCUT2D eigenvalue weighted by atomic mass is 19.4. The summed E-state index contributed by atoms with van der Waals surface area (Å²) in [5.74, 6) is 0.165. The third-order valence-electron chi connectivity index (χ3n) is 6.99. The summed E-state index contributed by atoms with van der Waals surface area (Å²) in [6.07, 6.45) is 1.56. The molecule has 1 atom stereocenters. The number of amides is 1. The lowest BCUT2D eigenvalue weighted by molar-refractivity contribution is -0.137. The molecular weight excluding hydrogens is 499 g/mol. The number of alkyl halides is 3. The molecule has 0 radical (unpaired) electrons.